The second-order valence-electron chi connectivity index (χ2n) is 2.05. The van der Waals surface area contributed by atoms with Crippen LogP contribution in [0.15, 0.2) is 23.1 Å². The maximum atomic E-state index is 8.61. The van der Waals surface area contributed by atoms with Gasteiger partial charge in [-0.1, -0.05) is 18.3 Å². The molecule has 1 heterocycles. The van der Waals surface area contributed by atoms with E-state index in [2.05, 4.69) is 12.2 Å². The average molecular weight is 194 g/mol. The van der Waals surface area contributed by atoms with E-state index in [4.69, 9.17) is 11.0 Å². The number of thiophene rings is 1. The second kappa shape index (κ2) is 4.00. The van der Waals surface area contributed by atoms with Crippen molar-refractivity contribution in [3.05, 3.63) is 28.0 Å². The van der Waals surface area contributed by atoms with Crippen LogP contribution in [0.1, 0.15) is 4.88 Å². The van der Waals surface area contributed by atoms with Gasteiger partial charge in [-0.3, -0.25) is 0 Å². The molecule has 1 rings (SSSR count). The number of hydrogen-bond donors (Lipinski definition) is 1. The Morgan fingerprint density at radius 1 is 1.75 bits per heavy atom. The molecule has 12 heavy (non-hydrogen) atoms. The molecule has 0 unspecified atom stereocenters. The third-order valence-electron chi connectivity index (χ3n) is 1.22. The molecule has 0 radical (unpaired) electrons. The Kier molecular flexibility index (Phi) is 2.97. The zero-order valence-electron chi connectivity index (χ0n) is 6.15. The molecule has 60 valence electrons. The fourth-order valence-corrected chi connectivity index (χ4v) is 1.44. The zero-order valence-corrected chi connectivity index (χ0v) is 7.78. The minimum atomic E-state index is 0.144. The van der Waals surface area contributed by atoms with Gasteiger partial charge in [0, 0.05) is 4.88 Å². The molecule has 1 aromatic rings. The Morgan fingerprint density at radius 3 is 2.92 bits per heavy atom. The van der Waals surface area contributed by atoms with Crippen molar-refractivity contribution < 1.29 is 0 Å². The normalized spacial score (nSPS) is 10.8. The van der Waals surface area contributed by atoms with Crippen LogP contribution in [0.2, 0.25) is 0 Å². The number of thiocarbonyl (C=S) groups is 1. The van der Waals surface area contributed by atoms with Crippen molar-refractivity contribution in [3.8, 4) is 6.07 Å². The molecule has 4 heteroatoms. The first-order valence-corrected chi connectivity index (χ1v) is 4.48. The van der Waals surface area contributed by atoms with E-state index in [1.165, 1.54) is 0 Å². The Hall–Kier alpha value is -1.18. The van der Waals surface area contributed by atoms with Gasteiger partial charge in [0.25, 0.3) is 0 Å². The van der Waals surface area contributed by atoms with Gasteiger partial charge in [-0.2, -0.15) is 5.26 Å². The van der Waals surface area contributed by atoms with E-state index >= 15 is 0 Å². The van der Waals surface area contributed by atoms with E-state index in [0.29, 0.717) is 5.57 Å². The molecule has 2 nitrogen and oxygen atoms in total. The number of rotatable bonds is 2. The van der Waals surface area contributed by atoms with E-state index in [-0.39, 0.29) is 4.99 Å². The molecule has 0 saturated carbocycles. The SMILES string of the molecule is N#C/C(=C/c1cccs1)C(N)=S. The van der Waals surface area contributed by atoms with Crippen LogP contribution >= 0.6 is 23.6 Å². The van der Waals surface area contributed by atoms with Crippen LogP contribution in [0.25, 0.3) is 6.08 Å². The molecule has 0 saturated heterocycles. The van der Waals surface area contributed by atoms with Crippen LogP contribution in [0.5, 0.6) is 0 Å². The van der Waals surface area contributed by atoms with Crippen molar-refractivity contribution in [1.82, 2.24) is 0 Å². The first kappa shape index (κ1) is 8.91. The van der Waals surface area contributed by atoms with Crippen LogP contribution < -0.4 is 5.73 Å². The fourth-order valence-electron chi connectivity index (χ4n) is 0.674. The summed E-state index contributed by atoms with van der Waals surface area (Å²) in [6.07, 6.45) is 1.69. The molecule has 0 aromatic carbocycles. The van der Waals surface area contributed by atoms with Crippen LogP contribution in [-0.2, 0) is 0 Å². The molecule has 0 spiro atoms. The quantitative estimate of drug-likeness (QED) is 0.444. The van der Waals surface area contributed by atoms with Crippen molar-refractivity contribution in [2.24, 2.45) is 5.73 Å². The minimum absolute atomic E-state index is 0.144. The summed E-state index contributed by atoms with van der Waals surface area (Å²) in [6, 6.07) is 5.75. The molecule has 0 amide bonds. The van der Waals surface area contributed by atoms with Gasteiger partial charge in [-0.25, -0.2) is 0 Å². The van der Waals surface area contributed by atoms with Crippen molar-refractivity contribution in [3.63, 3.8) is 0 Å². The molecular weight excluding hydrogens is 188 g/mol. The maximum absolute atomic E-state index is 8.61. The highest BCUT2D eigenvalue weighted by Crippen LogP contribution is 2.12. The predicted octanol–water partition coefficient (Wildman–Crippen LogP) is 1.94. The Bertz CT molecular complexity index is 344. The summed E-state index contributed by atoms with van der Waals surface area (Å²) < 4.78 is 0. The second-order valence-corrected chi connectivity index (χ2v) is 3.47. The number of nitrogens with two attached hydrogens (primary N) is 1. The highest BCUT2D eigenvalue weighted by molar-refractivity contribution is 7.80. The highest BCUT2D eigenvalue weighted by Gasteiger charge is 1.98. The van der Waals surface area contributed by atoms with E-state index in [0.717, 1.165) is 4.88 Å². The summed E-state index contributed by atoms with van der Waals surface area (Å²) in [5.41, 5.74) is 5.66. The zero-order chi connectivity index (χ0) is 8.97. The highest BCUT2D eigenvalue weighted by atomic mass is 32.1. The maximum Gasteiger partial charge on any atom is 0.114 e. The van der Waals surface area contributed by atoms with E-state index in [1.54, 1.807) is 17.4 Å². The van der Waals surface area contributed by atoms with Gasteiger partial charge in [0.15, 0.2) is 0 Å². The molecule has 0 bridgehead atoms. The molecule has 0 aliphatic heterocycles. The number of nitriles is 1. The van der Waals surface area contributed by atoms with Gasteiger partial charge in [0.2, 0.25) is 0 Å². The molecular formula is C8H6N2S2. The average Bonchev–Trinajstić information content (AvgIpc) is 2.51. The summed E-state index contributed by atoms with van der Waals surface area (Å²) in [5, 5.41) is 10.5. The Morgan fingerprint density at radius 2 is 2.50 bits per heavy atom. The van der Waals surface area contributed by atoms with Crippen molar-refractivity contribution in [2.75, 3.05) is 0 Å². The Balaban J connectivity index is 2.95. The summed E-state index contributed by atoms with van der Waals surface area (Å²) in [4.78, 5) is 1.13. The number of nitrogens with zero attached hydrogens (tertiary/aromatic N) is 1. The lowest BCUT2D eigenvalue weighted by Gasteiger charge is -1.90. The summed E-state index contributed by atoms with van der Waals surface area (Å²) in [5.74, 6) is 0. The lowest BCUT2D eigenvalue weighted by atomic mass is 10.2. The summed E-state index contributed by atoms with van der Waals surface area (Å²) >= 11 is 6.22. The third kappa shape index (κ3) is 2.16. The van der Waals surface area contributed by atoms with Gasteiger partial charge in [-0.15, -0.1) is 11.3 Å². The lowest BCUT2D eigenvalue weighted by Crippen LogP contribution is -2.09. The van der Waals surface area contributed by atoms with Gasteiger partial charge >= 0.3 is 0 Å². The Labute approximate surface area is 79.9 Å². The third-order valence-corrected chi connectivity index (χ3v) is 2.25. The minimum Gasteiger partial charge on any atom is -0.389 e. The van der Waals surface area contributed by atoms with Crippen molar-refractivity contribution in [1.29, 1.82) is 5.26 Å². The van der Waals surface area contributed by atoms with Crippen LogP contribution in [0.3, 0.4) is 0 Å². The summed E-state index contributed by atoms with van der Waals surface area (Å²) in [7, 11) is 0. The van der Waals surface area contributed by atoms with Crippen molar-refractivity contribution in [2.45, 2.75) is 0 Å². The molecule has 0 fully saturated rings. The van der Waals surface area contributed by atoms with Crippen molar-refractivity contribution >= 4 is 34.6 Å². The first-order chi connectivity index (χ1) is 5.74. The molecule has 0 aliphatic carbocycles. The van der Waals surface area contributed by atoms with Gasteiger partial charge in [-0.05, 0) is 17.5 Å². The number of hydrogen-bond acceptors (Lipinski definition) is 3. The first-order valence-electron chi connectivity index (χ1n) is 3.19. The van der Waals surface area contributed by atoms with Crippen LogP contribution in [0, 0.1) is 11.3 Å². The van der Waals surface area contributed by atoms with Gasteiger partial charge in [0.1, 0.15) is 11.1 Å². The molecule has 2 N–H and O–H groups in total. The van der Waals surface area contributed by atoms with E-state index in [9.17, 15) is 0 Å². The van der Waals surface area contributed by atoms with E-state index < -0.39 is 0 Å². The topological polar surface area (TPSA) is 49.8 Å². The van der Waals surface area contributed by atoms with Crippen LogP contribution in [0.4, 0.5) is 0 Å². The fraction of sp³-hybridized carbons (Fsp3) is 0. The van der Waals surface area contributed by atoms with Crippen LogP contribution in [-0.4, -0.2) is 4.99 Å². The predicted molar refractivity (Wildman–Crippen MR) is 54.7 cm³/mol. The summed E-state index contributed by atoms with van der Waals surface area (Å²) in [6.45, 7) is 0. The van der Waals surface area contributed by atoms with Gasteiger partial charge in [0.05, 0.1) is 5.57 Å². The lowest BCUT2D eigenvalue weighted by molar-refractivity contribution is 1.52. The molecule has 0 atom stereocenters. The molecule has 1 aromatic heterocycles. The largest absolute Gasteiger partial charge is 0.389 e. The standard InChI is InChI=1S/C8H6N2S2/c9-5-6(8(10)11)4-7-2-1-3-12-7/h1-4H,(H2,10,11)/b6-4-. The van der Waals surface area contributed by atoms with Gasteiger partial charge < -0.3 is 5.73 Å². The monoisotopic (exact) mass is 194 g/mol. The molecule has 0 aliphatic rings. The van der Waals surface area contributed by atoms with E-state index in [1.807, 2.05) is 23.6 Å². The smallest absolute Gasteiger partial charge is 0.114 e.